The summed E-state index contributed by atoms with van der Waals surface area (Å²) in [5.74, 6) is 0.465. The van der Waals surface area contributed by atoms with Gasteiger partial charge in [0.2, 0.25) is 5.91 Å². The molecule has 0 aromatic rings. The number of piperazine rings is 1. The van der Waals surface area contributed by atoms with Gasteiger partial charge in [-0.15, -0.1) is 12.4 Å². The Morgan fingerprint density at radius 1 is 1.04 bits per heavy atom. The first kappa shape index (κ1) is 19.9. The van der Waals surface area contributed by atoms with Crippen LogP contribution < -0.4 is 5.32 Å². The summed E-state index contributed by atoms with van der Waals surface area (Å²) in [6.07, 6.45) is 5.31. The van der Waals surface area contributed by atoms with E-state index in [1.807, 2.05) is 4.90 Å². The minimum atomic E-state index is -2.98. The number of hydrogen-bond acceptors (Lipinski definition) is 5. The van der Waals surface area contributed by atoms with Crippen LogP contribution in [0.15, 0.2) is 0 Å². The highest BCUT2D eigenvalue weighted by Gasteiger charge is 2.47. The topological polar surface area (TPSA) is 69.7 Å². The number of hydrogen-bond donors (Lipinski definition) is 1. The summed E-state index contributed by atoms with van der Waals surface area (Å²) in [4.78, 5) is 16.4. The van der Waals surface area contributed by atoms with Crippen LogP contribution in [0.1, 0.15) is 38.5 Å². The fraction of sp³-hybridized carbons (Fsp3) is 0.938. The van der Waals surface area contributed by atoms with E-state index in [4.69, 9.17) is 0 Å². The van der Waals surface area contributed by atoms with Gasteiger partial charge in [0.05, 0.1) is 10.5 Å². The first-order valence-corrected chi connectivity index (χ1v) is 10.6. The number of nitrogens with zero attached hydrogens (tertiary/aromatic N) is 2. The van der Waals surface area contributed by atoms with Crippen molar-refractivity contribution in [2.75, 3.05) is 51.6 Å². The van der Waals surface area contributed by atoms with E-state index in [2.05, 4.69) is 10.2 Å². The van der Waals surface area contributed by atoms with Crippen LogP contribution in [-0.2, 0) is 14.6 Å². The maximum absolute atomic E-state index is 12.6. The van der Waals surface area contributed by atoms with E-state index in [9.17, 15) is 13.2 Å². The van der Waals surface area contributed by atoms with Crippen LogP contribution in [0.5, 0.6) is 0 Å². The molecule has 1 N–H and O–H groups in total. The molecule has 24 heavy (non-hydrogen) atoms. The number of rotatable bonds is 3. The Kier molecular flexibility index (Phi) is 6.93. The second-order valence-corrected chi connectivity index (χ2v) is 9.72. The lowest BCUT2D eigenvalue weighted by molar-refractivity contribution is -0.132. The Balaban J connectivity index is 0.00000208. The predicted molar refractivity (Wildman–Crippen MR) is 97.4 cm³/mol. The summed E-state index contributed by atoms with van der Waals surface area (Å²) < 4.78 is 24.6. The van der Waals surface area contributed by atoms with Crippen molar-refractivity contribution in [1.29, 1.82) is 0 Å². The molecule has 2 heterocycles. The molecule has 1 saturated carbocycles. The lowest BCUT2D eigenvalue weighted by Gasteiger charge is -2.44. The van der Waals surface area contributed by atoms with Gasteiger partial charge in [-0.2, -0.15) is 0 Å². The minimum absolute atomic E-state index is 0. The van der Waals surface area contributed by atoms with Gasteiger partial charge in [0.1, 0.15) is 0 Å². The van der Waals surface area contributed by atoms with Gasteiger partial charge < -0.3 is 15.1 Å². The Morgan fingerprint density at radius 3 is 2.38 bits per heavy atom. The van der Waals surface area contributed by atoms with Gasteiger partial charge in [0.25, 0.3) is 0 Å². The van der Waals surface area contributed by atoms with E-state index in [0.717, 1.165) is 58.3 Å². The maximum Gasteiger partial charge on any atom is 0.223 e. The third kappa shape index (κ3) is 4.23. The van der Waals surface area contributed by atoms with Gasteiger partial charge in [-0.3, -0.25) is 4.79 Å². The lowest BCUT2D eigenvalue weighted by atomic mass is 9.87. The molecule has 3 aliphatic rings. The number of sulfone groups is 1. The Hall–Kier alpha value is -0.370. The summed E-state index contributed by atoms with van der Waals surface area (Å²) in [6, 6.07) is 0. The third-order valence-corrected chi connectivity index (χ3v) is 8.30. The van der Waals surface area contributed by atoms with E-state index >= 15 is 0 Å². The molecule has 0 aromatic heterocycles. The first-order valence-electron chi connectivity index (χ1n) is 8.96. The molecule has 140 valence electrons. The van der Waals surface area contributed by atoms with Gasteiger partial charge in [0.15, 0.2) is 9.84 Å². The maximum atomic E-state index is 12.6. The average Bonchev–Trinajstić information content (AvgIpc) is 2.57. The molecule has 3 fully saturated rings. The Morgan fingerprint density at radius 2 is 1.71 bits per heavy atom. The second kappa shape index (κ2) is 8.34. The minimum Gasteiger partial charge on any atom is -0.340 e. The van der Waals surface area contributed by atoms with Crippen LogP contribution in [-0.4, -0.2) is 80.4 Å². The molecule has 0 aromatic carbocycles. The van der Waals surface area contributed by atoms with Crippen molar-refractivity contribution in [2.24, 2.45) is 0 Å². The molecule has 0 unspecified atom stereocenters. The zero-order valence-corrected chi connectivity index (χ0v) is 16.0. The first-order chi connectivity index (χ1) is 11.0. The van der Waals surface area contributed by atoms with Crippen LogP contribution in [0, 0.1) is 0 Å². The highest BCUT2D eigenvalue weighted by molar-refractivity contribution is 7.92. The molecule has 6 nitrogen and oxygen atoms in total. The molecule has 2 aliphatic heterocycles. The van der Waals surface area contributed by atoms with Crippen LogP contribution in [0.4, 0.5) is 0 Å². The highest BCUT2D eigenvalue weighted by Crippen LogP contribution is 2.38. The molecule has 3 rings (SSSR count). The summed E-state index contributed by atoms with van der Waals surface area (Å²) in [7, 11) is -2.98. The fourth-order valence-electron chi connectivity index (χ4n) is 4.23. The summed E-state index contributed by atoms with van der Waals surface area (Å²) >= 11 is 0. The number of carbonyl (C=O) groups excluding carboxylic acids is 1. The second-order valence-electron chi connectivity index (χ2n) is 7.22. The van der Waals surface area contributed by atoms with E-state index in [-0.39, 0.29) is 24.1 Å². The molecular formula is C16H30ClN3O3S. The number of nitrogens with one attached hydrogen (secondary N) is 1. The van der Waals surface area contributed by atoms with Crippen molar-refractivity contribution in [3.63, 3.8) is 0 Å². The Bertz CT molecular complexity index is 529. The van der Waals surface area contributed by atoms with Gasteiger partial charge in [-0.05, 0) is 12.8 Å². The van der Waals surface area contributed by atoms with E-state index < -0.39 is 14.6 Å². The van der Waals surface area contributed by atoms with Gasteiger partial charge in [-0.1, -0.05) is 19.3 Å². The lowest BCUT2D eigenvalue weighted by Crippen LogP contribution is -2.57. The standard InChI is InChI=1S/C16H29N3O3S.ClH/c20-15(19-10-7-17-8-11-19)4-9-18-12-13-23(21,22)16(14-18)5-2-1-3-6-16;/h17H,1-14H2;1H. The predicted octanol–water partition coefficient (Wildman–Crippen LogP) is 0.663. The zero-order chi connectivity index (χ0) is 16.3. The van der Waals surface area contributed by atoms with Crippen LogP contribution in [0.25, 0.3) is 0 Å². The molecule has 0 radical (unpaired) electrons. The SMILES string of the molecule is Cl.O=C(CCN1CCS(=O)(=O)C2(CCCCC2)C1)N1CCNCC1. The molecule has 1 spiro atoms. The summed E-state index contributed by atoms with van der Waals surface area (Å²) in [5.41, 5.74) is 0. The molecule has 0 atom stereocenters. The molecule has 8 heteroatoms. The van der Waals surface area contributed by atoms with Crippen molar-refractivity contribution < 1.29 is 13.2 Å². The monoisotopic (exact) mass is 379 g/mol. The van der Waals surface area contributed by atoms with Crippen LogP contribution >= 0.6 is 12.4 Å². The summed E-state index contributed by atoms with van der Waals surface area (Å²) in [6.45, 7) is 5.23. The fourth-order valence-corrected chi connectivity index (χ4v) is 6.45. The van der Waals surface area contributed by atoms with Gasteiger partial charge in [0, 0.05) is 52.2 Å². The quantitative estimate of drug-likeness (QED) is 0.780. The number of carbonyl (C=O) groups is 1. The number of halogens is 1. The normalized spacial score (nSPS) is 26.8. The molecule has 1 amide bonds. The molecule has 0 bridgehead atoms. The van der Waals surface area contributed by atoms with Gasteiger partial charge >= 0.3 is 0 Å². The molecular weight excluding hydrogens is 350 g/mol. The van der Waals surface area contributed by atoms with Crippen molar-refractivity contribution in [3.05, 3.63) is 0 Å². The van der Waals surface area contributed by atoms with E-state index in [1.54, 1.807) is 0 Å². The summed E-state index contributed by atoms with van der Waals surface area (Å²) in [5, 5.41) is 3.25. The highest BCUT2D eigenvalue weighted by atomic mass is 35.5. The third-order valence-electron chi connectivity index (χ3n) is 5.72. The molecule has 1 aliphatic carbocycles. The average molecular weight is 380 g/mol. The number of amides is 1. The zero-order valence-electron chi connectivity index (χ0n) is 14.3. The van der Waals surface area contributed by atoms with Crippen LogP contribution in [0.3, 0.4) is 0 Å². The van der Waals surface area contributed by atoms with Gasteiger partial charge in [-0.25, -0.2) is 8.42 Å². The van der Waals surface area contributed by atoms with E-state index in [0.29, 0.717) is 26.1 Å². The largest absolute Gasteiger partial charge is 0.340 e. The van der Waals surface area contributed by atoms with E-state index in [1.165, 1.54) is 0 Å². The Labute approximate surface area is 151 Å². The van der Waals surface area contributed by atoms with Crippen molar-refractivity contribution >= 4 is 28.2 Å². The molecule has 2 saturated heterocycles. The van der Waals surface area contributed by atoms with Crippen molar-refractivity contribution in [1.82, 2.24) is 15.1 Å². The van der Waals surface area contributed by atoms with Crippen molar-refractivity contribution in [3.8, 4) is 0 Å². The smallest absolute Gasteiger partial charge is 0.223 e. The van der Waals surface area contributed by atoms with Crippen LogP contribution in [0.2, 0.25) is 0 Å². The van der Waals surface area contributed by atoms with Crippen molar-refractivity contribution in [2.45, 2.75) is 43.3 Å².